The molecule has 0 aromatic heterocycles. The Morgan fingerprint density at radius 1 is 1.10 bits per heavy atom. The number of nitro groups is 1. The Balaban J connectivity index is 1.87. The SMILES string of the molecule is Cc1ccc(C(=O)OC(C(=O)Nc2ccc([N+](=O)[O-])cc2Br)c2ccccc2)cc1O. The number of phenolic OH excluding ortho intramolecular Hbond substituents is 1. The fourth-order valence-corrected chi connectivity index (χ4v) is 3.20. The summed E-state index contributed by atoms with van der Waals surface area (Å²) in [6, 6.07) is 16.6. The molecule has 0 aliphatic carbocycles. The zero-order valence-electron chi connectivity index (χ0n) is 16.2. The van der Waals surface area contributed by atoms with E-state index < -0.39 is 22.9 Å². The van der Waals surface area contributed by atoms with Gasteiger partial charge < -0.3 is 15.2 Å². The molecule has 0 radical (unpaired) electrons. The van der Waals surface area contributed by atoms with E-state index in [1.807, 2.05) is 0 Å². The normalized spacial score (nSPS) is 11.4. The summed E-state index contributed by atoms with van der Waals surface area (Å²) in [7, 11) is 0. The van der Waals surface area contributed by atoms with E-state index in [-0.39, 0.29) is 22.7 Å². The van der Waals surface area contributed by atoms with Crippen LogP contribution < -0.4 is 5.32 Å². The molecule has 3 aromatic rings. The Bertz CT molecular complexity index is 1150. The van der Waals surface area contributed by atoms with E-state index in [9.17, 15) is 24.8 Å². The van der Waals surface area contributed by atoms with Crippen LogP contribution in [0.3, 0.4) is 0 Å². The van der Waals surface area contributed by atoms with Crippen LogP contribution in [0.25, 0.3) is 0 Å². The van der Waals surface area contributed by atoms with Crippen molar-refractivity contribution in [2.24, 2.45) is 0 Å². The predicted molar refractivity (Wildman–Crippen MR) is 117 cm³/mol. The minimum Gasteiger partial charge on any atom is -0.508 e. The zero-order valence-corrected chi connectivity index (χ0v) is 17.8. The number of anilines is 1. The number of hydrogen-bond acceptors (Lipinski definition) is 6. The standard InChI is InChI=1S/C22H17BrN2O6/c1-13-7-8-15(11-19(13)26)22(28)31-20(14-5-3-2-4-6-14)21(27)24-18-10-9-16(25(29)30)12-17(18)23/h2-12,20,26H,1H3,(H,24,27). The van der Waals surface area contributed by atoms with Crippen molar-refractivity contribution in [2.75, 3.05) is 5.32 Å². The molecular formula is C22H17BrN2O6. The summed E-state index contributed by atoms with van der Waals surface area (Å²) in [4.78, 5) is 36.0. The van der Waals surface area contributed by atoms with Gasteiger partial charge in [-0.3, -0.25) is 14.9 Å². The summed E-state index contributed by atoms with van der Waals surface area (Å²) >= 11 is 3.20. The minimum absolute atomic E-state index is 0.0648. The van der Waals surface area contributed by atoms with Gasteiger partial charge in [-0.1, -0.05) is 36.4 Å². The summed E-state index contributed by atoms with van der Waals surface area (Å²) in [5, 5.41) is 23.4. The van der Waals surface area contributed by atoms with Gasteiger partial charge >= 0.3 is 5.97 Å². The second-order valence-corrected chi connectivity index (χ2v) is 7.46. The van der Waals surface area contributed by atoms with E-state index in [2.05, 4.69) is 21.2 Å². The lowest BCUT2D eigenvalue weighted by Gasteiger charge is -2.19. The van der Waals surface area contributed by atoms with Gasteiger partial charge in [0, 0.05) is 22.2 Å². The highest BCUT2D eigenvalue weighted by molar-refractivity contribution is 9.10. The first kappa shape index (κ1) is 22.0. The molecule has 0 saturated carbocycles. The van der Waals surface area contributed by atoms with Crippen LogP contribution >= 0.6 is 15.9 Å². The van der Waals surface area contributed by atoms with Crippen molar-refractivity contribution in [3.8, 4) is 5.75 Å². The van der Waals surface area contributed by atoms with Crippen molar-refractivity contribution in [2.45, 2.75) is 13.0 Å². The largest absolute Gasteiger partial charge is 0.508 e. The molecule has 8 nitrogen and oxygen atoms in total. The number of esters is 1. The fourth-order valence-electron chi connectivity index (χ4n) is 2.73. The number of aromatic hydroxyl groups is 1. The third kappa shape index (κ3) is 5.26. The number of halogens is 1. The zero-order chi connectivity index (χ0) is 22.5. The number of phenols is 1. The molecule has 1 unspecified atom stereocenters. The smallest absolute Gasteiger partial charge is 0.339 e. The number of rotatable bonds is 6. The van der Waals surface area contributed by atoms with Gasteiger partial charge in [-0.25, -0.2) is 4.79 Å². The van der Waals surface area contributed by atoms with Gasteiger partial charge in [-0.05, 0) is 46.6 Å². The van der Waals surface area contributed by atoms with Gasteiger partial charge in [0.15, 0.2) is 0 Å². The summed E-state index contributed by atoms with van der Waals surface area (Å²) in [5.74, 6) is -1.50. The van der Waals surface area contributed by atoms with E-state index in [1.54, 1.807) is 43.3 Å². The van der Waals surface area contributed by atoms with Gasteiger partial charge in [0.1, 0.15) is 5.75 Å². The van der Waals surface area contributed by atoms with Crippen LogP contribution in [0.2, 0.25) is 0 Å². The lowest BCUT2D eigenvalue weighted by atomic mass is 10.1. The first-order chi connectivity index (χ1) is 14.8. The molecule has 0 fully saturated rings. The lowest BCUT2D eigenvalue weighted by Crippen LogP contribution is -2.26. The molecule has 3 rings (SSSR count). The molecule has 1 amide bonds. The van der Waals surface area contributed by atoms with Gasteiger partial charge in [-0.15, -0.1) is 0 Å². The van der Waals surface area contributed by atoms with Crippen molar-refractivity contribution in [3.63, 3.8) is 0 Å². The Hall–Kier alpha value is -3.72. The van der Waals surface area contributed by atoms with Crippen molar-refractivity contribution < 1.29 is 24.4 Å². The molecule has 0 aliphatic rings. The molecule has 0 aliphatic heterocycles. The van der Waals surface area contributed by atoms with E-state index >= 15 is 0 Å². The average molecular weight is 485 g/mol. The van der Waals surface area contributed by atoms with Crippen LogP contribution in [0, 0.1) is 17.0 Å². The van der Waals surface area contributed by atoms with Crippen LogP contribution in [0.5, 0.6) is 5.75 Å². The number of carbonyl (C=O) groups excluding carboxylic acids is 2. The number of nitrogens with zero attached hydrogens (tertiary/aromatic N) is 1. The molecule has 2 N–H and O–H groups in total. The van der Waals surface area contributed by atoms with Crippen molar-refractivity contribution in [3.05, 3.63) is 98.0 Å². The maximum absolute atomic E-state index is 13.0. The summed E-state index contributed by atoms with van der Waals surface area (Å²) in [5.41, 5.74) is 1.25. The maximum Gasteiger partial charge on any atom is 0.339 e. The van der Waals surface area contributed by atoms with E-state index in [0.717, 1.165) is 0 Å². The number of hydrogen-bond donors (Lipinski definition) is 2. The molecule has 9 heteroatoms. The molecule has 1 atom stereocenters. The third-order valence-electron chi connectivity index (χ3n) is 4.43. The number of ether oxygens (including phenoxy) is 1. The number of carbonyl (C=O) groups is 2. The lowest BCUT2D eigenvalue weighted by molar-refractivity contribution is -0.384. The number of aryl methyl sites for hydroxylation is 1. The average Bonchev–Trinajstić information content (AvgIpc) is 2.75. The third-order valence-corrected chi connectivity index (χ3v) is 5.09. The number of non-ortho nitro benzene ring substituents is 1. The highest BCUT2D eigenvalue weighted by atomic mass is 79.9. The Labute approximate surface area is 185 Å². The van der Waals surface area contributed by atoms with E-state index in [0.29, 0.717) is 15.6 Å². The van der Waals surface area contributed by atoms with Crippen LogP contribution in [0.15, 0.2) is 71.2 Å². The molecular weight excluding hydrogens is 468 g/mol. The topological polar surface area (TPSA) is 119 Å². The highest BCUT2D eigenvalue weighted by Gasteiger charge is 2.27. The maximum atomic E-state index is 13.0. The number of nitrogens with one attached hydrogen (secondary N) is 1. The Morgan fingerprint density at radius 2 is 1.81 bits per heavy atom. The van der Waals surface area contributed by atoms with Gasteiger partial charge in [0.25, 0.3) is 11.6 Å². The van der Waals surface area contributed by atoms with E-state index in [4.69, 9.17) is 4.74 Å². The molecule has 31 heavy (non-hydrogen) atoms. The van der Waals surface area contributed by atoms with Crippen LogP contribution in [0.4, 0.5) is 11.4 Å². The first-order valence-corrected chi connectivity index (χ1v) is 9.86. The summed E-state index contributed by atoms with van der Waals surface area (Å²) in [6.45, 7) is 1.69. The molecule has 3 aromatic carbocycles. The molecule has 0 bridgehead atoms. The highest BCUT2D eigenvalue weighted by Crippen LogP contribution is 2.29. The molecule has 158 valence electrons. The quantitative estimate of drug-likeness (QED) is 0.291. The first-order valence-electron chi connectivity index (χ1n) is 9.06. The monoisotopic (exact) mass is 484 g/mol. The van der Waals surface area contributed by atoms with Crippen LogP contribution in [-0.4, -0.2) is 21.9 Å². The summed E-state index contributed by atoms with van der Waals surface area (Å²) in [6.07, 6.45) is -1.29. The number of amides is 1. The van der Waals surface area contributed by atoms with E-state index in [1.165, 1.54) is 30.3 Å². The molecule has 0 heterocycles. The summed E-state index contributed by atoms with van der Waals surface area (Å²) < 4.78 is 5.77. The van der Waals surface area contributed by atoms with Crippen molar-refractivity contribution in [1.82, 2.24) is 0 Å². The van der Waals surface area contributed by atoms with Gasteiger partial charge in [0.2, 0.25) is 6.10 Å². The predicted octanol–water partition coefficient (Wildman–Crippen LogP) is 4.91. The number of benzene rings is 3. The Kier molecular flexibility index (Phi) is 6.66. The van der Waals surface area contributed by atoms with Crippen LogP contribution in [-0.2, 0) is 9.53 Å². The molecule has 0 saturated heterocycles. The van der Waals surface area contributed by atoms with Crippen molar-refractivity contribution >= 4 is 39.2 Å². The fraction of sp³-hybridized carbons (Fsp3) is 0.0909. The van der Waals surface area contributed by atoms with Gasteiger partial charge in [-0.2, -0.15) is 0 Å². The molecule has 0 spiro atoms. The minimum atomic E-state index is -1.29. The van der Waals surface area contributed by atoms with Crippen LogP contribution in [0.1, 0.15) is 27.6 Å². The Morgan fingerprint density at radius 3 is 2.42 bits per heavy atom. The number of nitro benzene ring substituents is 1. The van der Waals surface area contributed by atoms with Gasteiger partial charge in [0.05, 0.1) is 16.2 Å². The second kappa shape index (κ2) is 9.40. The van der Waals surface area contributed by atoms with Crippen molar-refractivity contribution in [1.29, 1.82) is 0 Å². The second-order valence-electron chi connectivity index (χ2n) is 6.61.